The van der Waals surface area contributed by atoms with Crippen LogP contribution in [0, 0.1) is 0 Å². The molecule has 4 heterocycles. The Bertz CT molecular complexity index is 1600. The summed E-state index contributed by atoms with van der Waals surface area (Å²) in [4.78, 5) is 27.4. The number of anilines is 2. The molecule has 5 N–H and O–H groups in total. The number of fused-ring (bicyclic) bond motifs is 2. The van der Waals surface area contributed by atoms with E-state index >= 15 is 0 Å². The lowest BCUT2D eigenvalue weighted by Gasteiger charge is -2.15. The summed E-state index contributed by atoms with van der Waals surface area (Å²) >= 11 is 0. The van der Waals surface area contributed by atoms with Crippen molar-refractivity contribution in [3.05, 3.63) is 52.6 Å². The number of halogens is 3. The van der Waals surface area contributed by atoms with Gasteiger partial charge in [0, 0.05) is 25.5 Å². The molecule has 5 rings (SSSR count). The molecule has 1 atom stereocenters. The van der Waals surface area contributed by atoms with Gasteiger partial charge in [0.2, 0.25) is 0 Å². The zero-order valence-corrected chi connectivity index (χ0v) is 19.1. The third kappa shape index (κ3) is 4.15. The molecule has 0 aliphatic rings. The molecule has 188 valence electrons. The number of alkyl halides is 3. The third-order valence-corrected chi connectivity index (χ3v) is 5.64. The fraction of sp³-hybridized carbons (Fsp3) is 0.273. The molecule has 0 saturated carbocycles. The van der Waals surface area contributed by atoms with Crippen LogP contribution in [0.2, 0.25) is 0 Å². The van der Waals surface area contributed by atoms with Crippen molar-refractivity contribution >= 4 is 33.4 Å². The lowest BCUT2D eigenvalue weighted by molar-refractivity contribution is -0.136. The Morgan fingerprint density at radius 3 is 2.75 bits per heavy atom. The summed E-state index contributed by atoms with van der Waals surface area (Å²) < 4.78 is 47.6. The number of H-pyrrole nitrogens is 2. The number of imidazole rings is 1. The quantitative estimate of drug-likeness (QED) is 0.227. The molecular formula is C22H21F3N8O3. The Morgan fingerprint density at radius 1 is 1.25 bits per heavy atom. The van der Waals surface area contributed by atoms with Crippen LogP contribution in [0.1, 0.15) is 24.2 Å². The number of aryl methyl sites for hydroxylation is 1. The molecule has 0 fully saturated rings. The topological polar surface area (TPSA) is 150 Å². The number of hydrogen-bond donors (Lipinski definition) is 5. The average molecular weight is 502 g/mol. The highest BCUT2D eigenvalue weighted by molar-refractivity contribution is 5.97. The van der Waals surface area contributed by atoms with Crippen molar-refractivity contribution in [1.29, 1.82) is 0 Å². The number of pyridine rings is 1. The van der Waals surface area contributed by atoms with Gasteiger partial charge in [0.15, 0.2) is 6.39 Å². The minimum absolute atomic E-state index is 0.0166. The van der Waals surface area contributed by atoms with Crippen LogP contribution in [0.4, 0.5) is 24.5 Å². The van der Waals surface area contributed by atoms with Gasteiger partial charge in [-0.2, -0.15) is 18.3 Å². The van der Waals surface area contributed by atoms with Gasteiger partial charge in [-0.05, 0) is 19.1 Å². The third-order valence-electron chi connectivity index (χ3n) is 5.64. The molecule has 1 aromatic carbocycles. The van der Waals surface area contributed by atoms with E-state index in [4.69, 9.17) is 9.52 Å². The summed E-state index contributed by atoms with van der Waals surface area (Å²) in [5.74, 6) is 0.0566. The fourth-order valence-electron chi connectivity index (χ4n) is 4.02. The molecular weight excluding hydrogens is 481 g/mol. The molecule has 14 heteroatoms. The second-order valence-electron chi connectivity index (χ2n) is 8.20. The van der Waals surface area contributed by atoms with Crippen LogP contribution in [-0.2, 0) is 13.2 Å². The van der Waals surface area contributed by atoms with Gasteiger partial charge in [-0.25, -0.2) is 9.97 Å². The molecule has 5 aromatic rings. The number of nitrogens with one attached hydrogen (secondary N) is 4. The lowest BCUT2D eigenvalue weighted by Crippen LogP contribution is -2.16. The van der Waals surface area contributed by atoms with E-state index in [-0.39, 0.29) is 41.3 Å². The van der Waals surface area contributed by atoms with E-state index < -0.39 is 23.3 Å². The van der Waals surface area contributed by atoms with E-state index in [0.717, 1.165) is 6.07 Å². The Labute approximate surface area is 200 Å². The van der Waals surface area contributed by atoms with E-state index in [9.17, 15) is 18.0 Å². The number of aliphatic hydroxyl groups excluding tert-OH is 1. The van der Waals surface area contributed by atoms with Gasteiger partial charge >= 0.3 is 6.18 Å². The molecule has 0 unspecified atom stereocenters. The highest BCUT2D eigenvalue weighted by atomic mass is 19.4. The number of benzene rings is 1. The first-order valence-electron chi connectivity index (χ1n) is 10.9. The highest BCUT2D eigenvalue weighted by Gasteiger charge is 2.34. The SMILES string of the molecule is C[C@@H](Nc1c(-c2nc3cc(C(F)(F)F)c(NCCO)cc3[nH]2)c(=O)[nH]c2cn(C)nc12)c1cocn1. The molecule has 0 saturated heterocycles. The Balaban J connectivity index is 1.70. The molecule has 0 aliphatic carbocycles. The number of aliphatic hydroxyl groups is 1. The maximum absolute atomic E-state index is 13.7. The molecule has 0 radical (unpaired) electrons. The maximum Gasteiger partial charge on any atom is 0.418 e. The summed E-state index contributed by atoms with van der Waals surface area (Å²) in [5, 5.41) is 19.3. The number of nitrogens with zero attached hydrogens (tertiary/aromatic N) is 4. The second-order valence-corrected chi connectivity index (χ2v) is 8.20. The smallest absolute Gasteiger partial charge is 0.418 e. The fourth-order valence-corrected chi connectivity index (χ4v) is 4.02. The maximum atomic E-state index is 13.7. The van der Waals surface area contributed by atoms with Crippen molar-refractivity contribution in [2.24, 2.45) is 7.05 Å². The summed E-state index contributed by atoms with van der Waals surface area (Å²) in [6, 6.07) is 1.75. The Morgan fingerprint density at radius 2 is 2.06 bits per heavy atom. The van der Waals surface area contributed by atoms with Crippen LogP contribution in [0.15, 0.2) is 40.2 Å². The summed E-state index contributed by atoms with van der Waals surface area (Å²) in [6.45, 7) is 1.40. The van der Waals surface area contributed by atoms with Gasteiger partial charge in [-0.3, -0.25) is 9.48 Å². The van der Waals surface area contributed by atoms with Crippen LogP contribution in [0.25, 0.3) is 33.5 Å². The molecule has 36 heavy (non-hydrogen) atoms. The monoisotopic (exact) mass is 502 g/mol. The van der Waals surface area contributed by atoms with E-state index in [0.29, 0.717) is 22.4 Å². The average Bonchev–Trinajstić information content (AvgIpc) is 3.55. The number of oxazole rings is 1. The van der Waals surface area contributed by atoms with E-state index in [1.54, 1.807) is 13.2 Å². The van der Waals surface area contributed by atoms with Gasteiger partial charge < -0.3 is 30.1 Å². The number of aromatic amines is 2. The van der Waals surface area contributed by atoms with Crippen molar-refractivity contribution < 1.29 is 22.7 Å². The Hall–Kier alpha value is -4.33. The zero-order valence-electron chi connectivity index (χ0n) is 19.1. The van der Waals surface area contributed by atoms with E-state index in [2.05, 4.69) is 35.7 Å². The van der Waals surface area contributed by atoms with E-state index in [1.807, 2.05) is 6.92 Å². The van der Waals surface area contributed by atoms with Crippen LogP contribution >= 0.6 is 0 Å². The van der Waals surface area contributed by atoms with Gasteiger partial charge in [0.05, 0.1) is 40.4 Å². The van der Waals surface area contributed by atoms with Crippen LogP contribution in [-0.4, -0.2) is 48.0 Å². The van der Waals surface area contributed by atoms with Crippen molar-refractivity contribution in [1.82, 2.24) is 29.7 Å². The second kappa shape index (κ2) is 8.71. The van der Waals surface area contributed by atoms with Crippen molar-refractivity contribution in [2.75, 3.05) is 23.8 Å². The minimum Gasteiger partial charge on any atom is -0.451 e. The van der Waals surface area contributed by atoms with E-state index in [1.165, 1.54) is 23.4 Å². The standard InChI is InChI=1S/C22H21F3N8O3/c1-10(16-8-36-9-27-16)28-19-17(21(35)31-15-7-33(2)32-18(15)19)20-29-13-5-11(22(23,24)25)12(26-3-4-34)6-14(13)30-20/h5-10,26,28,34H,3-4H2,1-2H3,(H,29,30)(H,31,35)/t10-/m1/s1. The molecule has 4 aromatic heterocycles. The number of rotatable bonds is 7. The van der Waals surface area contributed by atoms with Gasteiger partial charge in [-0.1, -0.05) is 0 Å². The van der Waals surface area contributed by atoms with Crippen LogP contribution < -0.4 is 16.2 Å². The lowest BCUT2D eigenvalue weighted by atomic mass is 10.1. The first-order valence-corrected chi connectivity index (χ1v) is 10.9. The number of hydrogen-bond acceptors (Lipinski definition) is 8. The van der Waals surface area contributed by atoms with Crippen molar-refractivity contribution in [2.45, 2.75) is 19.1 Å². The molecule has 0 aliphatic heterocycles. The summed E-state index contributed by atoms with van der Waals surface area (Å²) in [5.41, 5.74) is 0.502. The summed E-state index contributed by atoms with van der Waals surface area (Å²) in [7, 11) is 1.70. The predicted octanol–water partition coefficient (Wildman–Crippen LogP) is 3.39. The minimum atomic E-state index is -4.66. The highest BCUT2D eigenvalue weighted by Crippen LogP contribution is 2.38. The molecule has 11 nitrogen and oxygen atoms in total. The van der Waals surface area contributed by atoms with Gasteiger partial charge in [-0.15, -0.1) is 0 Å². The molecule has 0 bridgehead atoms. The molecule has 0 spiro atoms. The predicted molar refractivity (Wildman–Crippen MR) is 126 cm³/mol. The van der Waals surface area contributed by atoms with Crippen LogP contribution in [0.3, 0.4) is 0 Å². The Kier molecular flexibility index (Phi) is 5.67. The largest absolute Gasteiger partial charge is 0.451 e. The normalized spacial score (nSPS) is 12.9. The first-order chi connectivity index (χ1) is 17.2. The summed E-state index contributed by atoms with van der Waals surface area (Å²) in [6.07, 6.45) is -0.279. The van der Waals surface area contributed by atoms with Crippen molar-refractivity contribution in [3.63, 3.8) is 0 Å². The molecule has 0 amide bonds. The van der Waals surface area contributed by atoms with Crippen LogP contribution in [0.5, 0.6) is 0 Å². The number of aromatic nitrogens is 6. The van der Waals surface area contributed by atoms with Crippen molar-refractivity contribution in [3.8, 4) is 11.4 Å². The first kappa shape index (κ1) is 23.4. The van der Waals surface area contributed by atoms with Gasteiger partial charge in [0.1, 0.15) is 28.9 Å². The zero-order chi connectivity index (χ0) is 25.6. The van der Waals surface area contributed by atoms with Gasteiger partial charge in [0.25, 0.3) is 5.56 Å².